The fraction of sp³-hybridized carbons (Fsp3) is 0.444. The summed E-state index contributed by atoms with van der Waals surface area (Å²) in [5.74, 6) is 0. The largest absolute Gasteiger partial charge is 0.509 e. The molecule has 2 aromatic carbocycles. The molecule has 2 N–H and O–H groups in total. The van der Waals surface area contributed by atoms with E-state index in [1.54, 1.807) is 0 Å². The summed E-state index contributed by atoms with van der Waals surface area (Å²) in [5, 5.41) is 21.5. The van der Waals surface area contributed by atoms with Gasteiger partial charge in [0.15, 0.2) is 24.6 Å². The maximum Gasteiger partial charge on any atom is 0.509 e. The Morgan fingerprint density at radius 2 is 1.38 bits per heavy atom. The van der Waals surface area contributed by atoms with Gasteiger partial charge < -0.3 is 43.4 Å². The molecule has 0 aliphatic carbocycles. The molecular formula is C27H30O10. The number of aliphatic hydroxyl groups excluding tert-OH is 2. The van der Waals surface area contributed by atoms with Crippen molar-refractivity contribution in [3.05, 3.63) is 84.1 Å². The molecular weight excluding hydrogens is 484 g/mol. The summed E-state index contributed by atoms with van der Waals surface area (Å²) in [4.78, 5) is 11.9. The van der Waals surface area contributed by atoms with Crippen LogP contribution in [-0.4, -0.2) is 78.6 Å². The third-order valence-corrected chi connectivity index (χ3v) is 6.39. The minimum Gasteiger partial charge on any atom is -0.493 e. The minimum atomic E-state index is -1.36. The lowest BCUT2D eigenvalue weighted by molar-refractivity contribution is -0.312. The van der Waals surface area contributed by atoms with Gasteiger partial charge in [-0.1, -0.05) is 60.7 Å². The molecule has 0 amide bonds. The van der Waals surface area contributed by atoms with Crippen LogP contribution in [0.2, 0.25) is 0 Å². The number of ether oxygens (including phenoxy) is 7. The first-order valence-corrected chi connectivity index (χ1v) is 12.2. The van der Waals surface area contributed by atoms with E-state index in [9.17, 15) is 15.0 Å². The summed E-state index contributed by atoms with van der Waals surface area (Å²) in [7, 11) is 0. The topological polar surface area (TPSA) is 122 Å². The zero-order chi connectivity index (χ0) is 25.6. The van der Waals surface area contributed by atoms with Crippen LogP contribution in [0.5, 0.6) is 0 Å². The summed E-state index contributed by atoms with van der Waals surface area (Å²) < 4.78 is 39.7. The van der Waals surface area contributed by atoms with Crippen molar-refractivity contribution >= 4 is 6.16 Å². The van der Waals surface area contributed by atoms with Gasteiger partial charge in [0.05, 0.1) is 32.7 Å². The molecule has 0 saturated carbocycles. The van der Waals surface area contributed by atoms with Crippen molar-refractivity contribution in [1.82, 2.24) is 0 Å². The van der Waals surface area contributed by atoms with Gasteiger partial charge in [0.2, 0.25) is 0 Å². The van der Waals surface area contributed by atoms with Crippen molar-refractivity contribution in [2.45, 2.75) is 62.2 Å². The molecule has 5 rings (SSSR count). The van der Waals surface area contributed by atoms with Crippen LogP contribution in [0.25, 0.3) is 0 Å². The fourth-order valence-electron chi connectivity index (χ4n) is 4.49. The van der Waals surface area contributed by atoms with E-state index in [0.29, 0.717) is 13.2 Å². The zero-order valence-corrected chi connectivity index (χ0v) is 20.0. The Kier molecular flexibility index (Phi) is 8.34. The van der Waals surface area contributed by atoms with Crippen LogP contribution in [0.3, 0.4) is 0 Å². The first-order valence-electron chi connectivity index (χ1n) is 12.2. The van der Waals surface area contributed by atoms with E-state index in [2.05, 4.69) is 0 Å². The van der Waals surface area contributed by atoms with Gasteiger partial charge in [-0.05, 0) is 17.2 Å². The molecule has 3 aliphatic rings. The Hall–Kier alpha value is -2.99. The lowest BCUT2D eigenvalue weighted by atomic mass is 9.98. The Balaban J connectivity index is 1.22. The van der Waals surface area contributed by atoms with Crippen molar-refractivity contribution in [3.63, 3.8) is 0 Å². The maximum atomic E-state index is 11.9. The Labute approximate surface area is 214 Å². The number of carbonyl (C=O) groups is 1. The summed E-state index contributed by atoms with van der Waals surface area (Å²) in [5.41, 5.74) is 1.96. The monoisotopic (exact) mass is 514 g/mol. The average Bonchev–Trinajstić information content (AvgIpc) is 3.31. The summed E-state index contributed by atoms with van der Waals surface area (Å²) in [6.45, 7) is 0.861. The first kappa shape index (κ1) is 25.7. The predicted octanol–water partition coefficient (Wildman–Crippen LogP) is 2.07. The van der Waals surface area contributed by atoms with Gasteiger partial charge in [-0.3, -0.25) is 0 Å². The smallest absolute Gasteiger partial charge is 0.493 e. The number of rotatable bonds is 10. The zero-order valence-electron chi connectivity index (χ0n) is 20.0. The van der Waals surface area contributed by atoms with E-state index < -0.39 is 55.2 Å². The third-order valence-electron chi connectivity index (χ3n) is 6.39. The number of benzene rings is 2. The van der Waals surface area contributed by atoms with Crippen LogP contribution in [-0.2, 0) is 46.4 Å². The van der Waals surface area contributed by atoms with Crippen molar-refractivity contribution in [2.24, 2.45) is 0 Å². The molecule has 2 aromatic rings. The summed E-state index contributed by atoms with van der Waals surface area (Å²) >= 11 is 0. The number of hydrogen-bond acceptors (Lipinski definition) is 10. The van der Waals surface area contributed by atoms with E-state index in [1.807, 2.05) is 60.7 Å². The van der Waals surface area contributed by atoms with Gasteiger partial charge in [0.1, 0.15) is 24.4 Å². The van der Waals surface area contributed by atoms with Gasteiger partial charge in [0, 0.05) is 0 Å². The maximum absolute atomic E-state index is 11.9. The second kappa shape index (κ2) is 12.0. The van der Waals surface area contributed by atoms with Gasteiger partial charge in [-0.15, -0.1) is 0 Å². The van der Waals surface area contributed by atoms with Crippen LogP contribution in [0, 0.1) is 0 Å². The van der Waals surface area contributed by atoms with Crippen molar-refractivity contribution in [1.29, 1.82) is 0 Å². The van der Waals surface area contributed by atoms with E-state index in [4.69, 9.17) is 33.2 Å². The number of carbonyl (C=O) groups excluding carboxylic acids is 1. The molecule has 2 saturated heterocycles. The quantitative estimate of drug-likeness (QED) is 0.456. The molecule has 37 heavy (non-hydrogen) atoms. The molecule has 10 nitrogen and oxygen atoms in total. The van der Waals surface area contributed by atoms with Crippen molar-refractivity contribution in [3.8, 4) is 0 Å². The van der Waals surface area contributed by atoms with Crippen LogP contribution in [0.4, 0.5) is 4.79 Å². The highest BCUT2D eigenvalue weighted by atomic mass is 16.8. The number of aliphatic hydroxyl groups is 2. The molecule has 198 valence electrons. The lowest BCUT2D eigenvalue weighted by Gasteiger charge is -2.42. The molecule has 3 aliphatic heterocycles. The van der Waals surface area contributed by atoms with Gasteiger partial charge in [-0.2, -0.15) is 0 Å². The minimum absolute atomic E-state index is 0.0620. The Bertz CT molecular complexity index is 1030. The molecule has 2 fully saturated rings. The molecule has 8 atom stereocenters. The van der Waals surface area contributed by atoms with Crippen LogP contribution in [0.15, 0.2) is 73.0 Å². The first-order chi connectivity index (χ1) is 18.1. The fourth-order valence-corrected chi connectivity index (χ4v) is 4.49. The van der Waals surface area contributed by atoms with Gasteiger partial charge in [-0.25, -0.2) is 4.79 Å². The molecule has 3 heterocycles. The highest BCUT2D eigenvalue weighted by Gasteiger charge is 2.55. The van der Waals surface area contributed by atoms with Crippen molar-refractivity contribution < 1.29 is 48.2 Å². The summed E-state index contributed by atoms with van der Waals surface area (Å²) in [6, 6.07) is 19.2. The molecule has 0 radical (unpaired) electrons. The molecule has 0 aromatic heterocycles. The molecule has 5 unspecified atom stereocenters. The summed E-state index contributed by atoms with van der Waals surface area (Å²) in [6.07, 6.45) is -5.94. The third kappa shape index (κ3) is 6.30. The van der Waals surface area contributed by atoms with Crippen molar-refractivity contribution in [2.75, 3.05) is 13.2 Å². The van der Waals surface area contributed by atoms with E-state index in [1.165, 1.54) is 12.3 Å². The standard InChI is InChI=1S/C27H30O10/c28-19-11-12-33-20(15-31-13-17-7-3-1-4-8-17)23(19)35-26-22(29)25-24(36-27(30)37-25)21(34-26)16-32-14-18-9-5-2-6-10-18/h1-12,19-26,28-29H,13-16H2/t19?,20?,21?,22?,23-,24-,25?,26-/m0/s1. The van der Waals surface area contributed by atoms with E-state index in [-0.39, 0.29) is 13.2 Å². The van der Waals surface area contributed by atoms with Crippen LogP contribution < -0.4 is 0 Å². The predicted molar refractivity (Wildman–Crippen MR) is 127 cm³/mol. The number of hydrogen-bond donors (Lipinski definition) is 2. The lowest BCUT2D eigenvalue weighted by Crippen LogP contribution is -2.60. The Morgan fingerprint density at radius 3 is 2.03 bits per heavy atom. The van der Waals surface area contributed by atoms with Gasteiger partial charge >= 0.3 is 6.16 Å². The normalized spacial score (nSPS) is 32.8. The second-order valence-corrected chi connectivity index (χ2v) is 9.04. The Morgan fingerprint density at radius 1 is 0.784 bits per heavy atom. The molecule has 0 bridgehead atoms. The molecule has 10 heteroatoms. The van der Waals surface area contributed by atoms with Crippen LogP contribution in [0.1, 0.15) is 11.1 Å². The van der Waals surface area contributed by atoms with Crippen LogP contribution >= 0.6 is 0 Å². The molecule has 0 spiro atoms. The SMILES string of the molecule is O=C1OC2C(O)[C@H](O[C@H]3C(O)C=COC3COCc3ccccc3)OC(COCc3ccccc3)[C@@H]2O1. The van der Waals surface area contributed by atoms with E-state index >= 15 is 0 Å². The second-order valence-electron chi connectivity index (χ2n) is 9.04. The highest BCUT2D eigenvalue weighted by molar-refractivity contribution is 5.63. The average molecular weight is 515 g/mol. The van der Waals surface area contributed by atoms with E-state index in [0.717, 1.165) is 11.1 Å². The highest BCUT2D eigenvalue weighted by Crippen LogP contribution is 2.33. The van der Waals surface area contributed by atoms with Gasteiger partial charge in [0.25, 0.3) is 0 Å². The number of fused-ring (bicyclic) bond motifs is 1.